The second-order valence-electron chi connectivity index (χ2n) is 3.86. The zero-order valence-corrected chi connectivity index (χ0v) is 10.3. The predicted octanol–water partition coefficient (Wildman–Crippen LogP) is -0.187. The molecule has 1 saturated heterocycles. The van der Waals surface area contributed by atoms with E-state index in [9.17, 15) is 9.59 Å². The lowest BCUT2D eigenvalue weighted by molar-refractivity contribution is -0.150. The van der Waals surface area contributed by atoms with Crippen LogP contribution in [-0.2, 0) is 23.8 Å². The first-order valence-corrected chi connectivity index (χ1v) is 5.62. The van der Waals surface area contributed by atoms with Crippen LogP contribution < -0.4 is 0 Å². The maximum Gasteiger partial charge on any atom is 0.308 e. The number of esters is 1. The van der Waals surface area contributed by atoms with Crippen molar-refractivity contribution >= 4 is 11.9 Å². The molecule has 1 atom stereocenters. The Hall–Kier alpha value is -1.14. The molecule has 1 fully saturated rings. The van der Waals surface area contributed by atoms with Gasteiger partial charge in [-0.3, -0.25) is 9.59 Å². The summed E-state index contributed by atoms with van der Waals surface area (Å²) in [6, 6.07) is 0. The largest absolute Gasteiger partial charge is 0.469 e. The molecule has 1 amide bonds. The fourth-order valence-corrected chi connectivity index (χ4v) is 1.69. The minimum Gasteiger partial charge on any atom is -0.469 e. The third kappa shape index (κ3) is 4.70. The fraction of sp³-hybridized carbons (Fsp3) is 0.818. The zero-order valence-electron chi connectivity index (χ0n) is 10.3. The highest BCUT2D eigenvalue weighted by molar-refractivity contribution is 5.76. The van der Waals surface area contributed by atoms with Gasteiger partial charge in [0.1, 0.15) is 0 Å². The third-order valence-corrected chi connectivity index (χ3v) is 2.63. The number of hydrogen-bond donors (Lipinski definition) is 0. The van der Waals surface area contributed by atoms with Crippen molar-refractivity contribution in [2.75, 3.05) is 40.5 Å². The van der Waals surface area contributed by atoms with Crippen LogP contribution in [-0.4, -0.2) is 63.4 Å². The standard InChI is InChI=1S/C11H19NO5/c1-15-5-3-10(13)12-4-6-17-9(8-12)7-11(14)16-2/h9H,3-8H2,1-2H3. The Bertz CT molecular complexity index is 269. The molecule has 0 N–H and O–H groups in total. The Morgan fingerprint density at radius 2 is 2.18 bits per heavy atom. The van der Waals surface area contributed by atoms with Gasteiger partial charge in [-0.05, 0) is 0 Å². The minimum absolute atomic E-state index is 0.0324. The van der Waals surface area contributed by atoms with Gasteiger partial charge in [-0.25, -0.2) is 0 Å². The third-order valence-electron chi connectivity index (χ3n) is 2.63. The summed E-state index contributed by atoms with van der Waals surface area (Å²) in [5.74, 6) is -0.286. The van der Waals surface area contributed by atoms with Crippen LogP contribution in [0.25, 0.3) is 0 Å². The zero-order chi connectivity index (χ0) is 12.7. The summed E-state index contributed by atoms with van der Waals surface area (Å²) in [5, 5.41) is 0. The average Bonchev–Trinajstić information content (AvgIpc) is 2.36. The van der Waals surface area contributed by atoms with E-state index in [-0.39, 0.29) is 24.4 Å². The van der Waals surface area contributed by atoms with Crippen molar-refractivity contribution in [1.82, 2.24) is 4.90 Å². The topological polar surface area (TPSA) is 65.1 Å². The number of ether oxygens (including phenoxy) is 3. The summed E-state index contributed by atoms with van der Waals surface area (Å²) in [4.78, 5) is 24.5. The van der Waals surface area contributed by atoms with Crippen molar-refractivity contribution in [1.29, 1.82) is 0 Å². The summed E-state index contributed by atoms with van der Waals surface area (Å²) in [7, 11) is 2.90. The van der Waals surface area contributed by atoms with Gasteiger partial charge in [-0.15, -0.1) is 0 Å². The lowest BCUT2D eigenvalue weighted by atomic mass is 10.2. The maximum absolute atomic E-state index is 11.7. The molecule has 1 aliphatic heterocycles. The lowest BCUT2D eigenvalue weighted by Crippen LogP contribution is -2.46. The van der Waals surface area contributed by atoms with Crippen LogP contribution in [0.3, 0.4) is 0 Å². The molecule has 0 radical (unpaired) electrons. The molecule has 0 saturated carbocycles. The van der Waals surface area contributed by atoms with Gasteiger partial charge < -0.3 is 19.1 Å². The van der Waals surface area contributed by atoms with Gasteiger partial charge in [0.2, 0.25) is 5.91 Å². The van der Waals surface area contributed by atoms with Crippen LogP contribution >= 0.6 is 0 Å². The molecule has 1 aliphatic rings. The van der Waals surface area contributed by atoms with E-state index in [0.29, 0.717) is 32.7 Å². The van der Waals surface area contributed by atoms with E-state index in [1.54, 1.807) is 12.0 Å². The van der Waals surface area contributed by atoms with Gasteiger partial charge in [-0.2, -0.15) is 0 Å². The van der Waals surface area contributed by atoms with E-state index in [2.05, 4.69) is 4.74 Å². The summed E-state index contributed by atoms with van der Waals surface area (Å²) in [6.07, 6.45) is 0.286. The Morgan fingerprint density at radius 3 is 2.82 bits per heavy atom. The normalized spacial score (nSPS) is 20.1. The summed E-state index contributed by atoms with van der Waals surface area (Å²) >= 11 is 0. The van der Waals surface area contributed by atoms with Gasteiger partial charge in [0.15, 0.2) is 0 Å². The van der Waals surface area contributed by atoms with Crippen molar-refractivity contribution in [2.24, 2.45) is 0 Å². The molecule has 6 nitrogen and oxygen atoms in total. The van der Waals surface area contributed by atoms with Crippen molar-refractivity contribution < 1.29 is 23.8 Å². The molecular weight excluding hydrogens is 226 g/mol. The second kappa shape index (κ2) is 7.24. The second-order valence-corrected chi connectivity index (χ2v) is 3.86. The number of rotatable bonds is 5. The first kappa shape index (κ1) is 13.9. The van der Waals surface area contributed by atoms with E-state index < -0.39 is 0 Å². The summed E-state index contributed by atoms with van der Waals surface area (Å²) in [6.45, 7) is 1.89. The minimum atomic E-state index is -0.318. The highest BCUT2D eigenvalue weighted by Crippen LogP contribution is 2.10. The molecular formula is C11H19NO5. The van der Waals surface area contributed by atoms with E-state index in [1.807, 2.05) is 0 Å². The molecule has 1 unspecified atom stereocenters. The number of nitrogens with zero attached hydrogens (tertiary/aromatic N) is 1. The molecule has 0 aromatic rings. The van der Waals surface area contributed by atoms with Gasteiger partial charge in [0, 0.05) is 20.2 Å². The molecule has 0 bridgehead atoms. The Morgan fingerprint density at radius 1 is 1.41 bits per heavy atom. The van der Waals surface area contributed by atoms with Crippen LogP contribution in [0.1, 0.15) is 12.8 Å². The smallest absolute Gasteiger partial charge is 0.308 e. The molecule has 17 heavy (non-hydrogen) atoms. The van der Waals surface area contributed by atoms with E-state index in [1.165, 1.54) is 7.11 Å². The fourth-order valence-electron chi connectivity index (χ4n) is 1.69. The number of morpholine rings is 1. The highest BCUT2D eigenvalue weighted by atomic mass is 16.5. The summed E-state index contributed by atoms with van der Waals surface area (Å²) in [5.41, 5.74) is 0. The number of amides is 1. The molecule has 6 heteroatoms. The lowest BCUT2D eigenvalue weighted by Gasteiger charge is -2.32. The van der Waals surface area contributed by atoms with Crippen LogP contribution in [0.4, 0.5) is 0 Å². The number of carbonyl (C=O) groups is 2. The molecule has 0 spiro atoms. The quantitative estimate of drug-likeness (QED) is 0.628. The Labute approximate surface area is 101 Å². The van der Waals surface area contributed by atoms with Crippen molar-refractivity contribution in [2.45, 2.75) is 18.9 Å². The number of hydrogen-bond acceptors (Lipinski definition) is 5. The number of methoxy groups -OCH3 is 2. The van der Waals surface area contributed by atoms with Crippen molar-refractivity contribution in [3.8, 4) is 0 Å². The van der Waals surface area contributed by atoms with Crippen LogP contribution in [0.2, 0.25) is 0 Å². The number of carbonyl (C=O) groups excluding carboxylic acids is 2. The van der Waals surface area contributed by atoms with Gasteiger partial charge >= 0.3 is 5.97 Å². The first-order chi connectivity index (χ1) is 8.17. The summed E-state index contributed by atoms with van der Waals surface area (Å²) < 4.78 is 14.8. The molecule has 0 aromatic heterocycles. The predicted molar refractivity (Wildman–Crippen MR) is 59.4 cm³/mol. The maximum atomic E-state index is 11.7. The SMILES string of the molecule is COCCC(=O)N1CCOC(CC(=O)OC)C1. The molecule has 0 aromatic carbocycles. The molecule has 98 valence electrons. The van der Waals surface area contributed by atoms with Gasteiger partial charge in [0.05, 0.1) is 39.3 Å². The van der Waals surface area contributed by atoms with Gasteiger partial charge in [0.25, 0.3) is 0 Å². The Balaban J connectivity index is 2.37. The monoisotopic (exact) mass is 245 g/mol. The van der Waals surface area contributed by atoms with Crippen LogP contribution in [0, 0.1) is 0 Å². The van der Waals surface area contributed by atoms with Crippen LogP contribution in [0.5, 0.6) is 0 Å². The van der Waals surface area contributed by atoms with E-state index in [4.69, 9.17) is 9.47 Å². The van der Waals surface area contributed by atoms with E-state index >= 15 is 0 Å². The average molecular weight is 245 g/mol. The van der Waals surface area contributed by atoms with Crippen molar-refractivity contribution in [3.63, 3.8) is 0 Å². The molecule has 1 rings (SSSR count). The Kier molecular flexibility index (Phi) is 5.93. The van der Waals surface area contributed by atoms with Crippen LogP contribution in [0.15, 0.2) is 0 Å². The van der Waals surface area contributed by atoms with Gasteiger partial charge in [-0.1, -0.05) is 0 Å². The molecule has 1 heterocycles. The first-order valence-electron chi connectivity index (χ1n) is 5.62. The molecule has 0 aliphatic carbocycles. The van der Waals surface area contributed by atoms with E-state index in [0.717, 1.165) is 0 Å². The van der Waals surface area contributed by atoms with Crippen molar-refractivity contribution in [3.05, 3.63) is 0 Å². The highest BCUT2D eigenvalue weighted by Gasteiger charge is 2.25.